The third-order valence-electron chi connectivity index (χ3n) is 4.65. The second kappa shape index (κ2) is 8.47. The van der Waals surface area contributed by atoms with E-state index in [1.807, 2.05) is 0 Å². The molecule has 0 saturated carbocycles. The zero-order valence-corrected chi connectivity index (χ0v) is 17.5. The molecule has 1 aromatic heterocycles. The SMILES string of the molecule is CC(C)(C)OC(=O)N[C@H]1CN(C(=O)c2cc3cc(OC(F)(F)F)c(F)cc3[nH]2)CC[C@H]1F. The molecule has 2 atom stereocenters. The van der Waals surface area contributed by atoms with Crippen LogP contribution in [-0.2, 0) is 4.74 Å². The number of hydrogen-bond acceptors (Lipinski definition) is 4. The van der Waals surface area contributed by atoms with Crippen LogP contribution in [-0.4, -0.2) is 59.2 Å². The summed E-state index contributed by atoms with van der Waals surface area (Å²) in [6.07, 6.45) is -7.33. The molecule has 1 aromatic carbocycles. The molecule has 176 valence electrons. The molecule has 2 amide bonds. The van der Waals surface area contributed by atoms with E-state index in [1.165, 1.54) is 11.0 Å². The number of nitrogens with zero attached hydrogens (tertiary/aromatic N) is 1. The molecule has 3 rings (SSSR count). The molecule has 2 aromatic rings. The van der Waals surface area contributed by atoms with Gasteiger partial charge in [-0.2, -0.15) is 0 Å². The van der Waals surface area contributed by atoms with Crippen LogP contribution in [0, 0.1) is 5.82 Å². The Kier molecular flexibility index (Phi) is 6.25. The highest BCUT2D eigenvalue weighted by atomic mass is 19.4. The number of alkyl carbamates (subject to hydrolysis) is 1. The van der Waals surface area contributed by atoms with Gasteiger partial charge in [-0.1, -0.05) is 0 Å². The van der Waals surface area contributed by atoms with Crippen LogP contribution in [0.5, 0.6) is 5.75 Å². The molecule has 0 unspecified atom stereocenters. The van der Waals surface area contributed by atoms with Crippen molar-refractivity contribution >= 4 is 22.9 Å². The number of fused-ring (bicyclic) bond motifs is 1. The van der Waals surface area contributed by atoms with Crippen LogP contribution in [0.2, 0.25) is 0 Å². The highest BCUT2D eigenvalue weighted by molar-refractivity contribution is 5.98. The van der Waals surface area contributed by atoms with Crippen LogP contribution in [0.3, 0.4) is 0 Å². The number of H-pyrrole nitrogens is 1. The number of benzene rings is 1. The second-order valence-electron chi connectivity index (χ2n) is 8.41. The summed E-state index contributed by atoms with van der Waals surface area (Å²) in [5.74, 6) is -2.86. The Bertz CT molecular complexity index is 1020. The minimum absolute atomic E-state index is 0.0307. The molecule has 12 heteroatoms. The summed E-state index contributed by atoms with van der Waals surface area (Å²) in [6, 6.07) is 1.86. The fourth-order valence-electron chi connectivity index (χ4n) is 3.32. The quantitative estimate of drug-likeness (QED) is 0.666. The summed E-state index contributed by atoms with van der Waals surface area (Å²) in [7, 11) is 0. The van der Waals surface area contributed by atoms with Gasteiger partial charge in [0, 0.05) is 30.1 Å². The molecule has 2 N–H and O–H groups in total. The lowest BCUT2D eigenvalue weighted by Gasteiger charge is -2.35. The number of aromatic amines is 1. The molecule has 1 fully saturated rings. The predicted molar refractivity (Wildman–Crippen MR) is 104 cm³/mol. The number of aromatic nitrogens is 1. The number of alkyl halides is 4. The smallest absolute Gasteiger partial charge is 0.444 e. The van der Waals surface area contributed by atoms with Crippen molar-refractivity contribution in [3.05, 3.63) is 29.7 Å². The largest absolute Gasteiger partial charge is 0.573 e. The van der Waals surface area contributed by atoms with Crippen molar-refractivity contribution in [3.63, 3.8) is 0 Å². The Morgan fingerprint density at radius 1 is 1.19 bits per heavy atom. The van der Waals surface area contributed by atoms with E-state index in [1.54, 1.807) is 20.8 Å². The van der Waals surface area contributed by atoms with E-state index in [2.05, 4.69) is 15.0 Å². The Morgan fingerprint density at radius 3 is 2.50 bits per heavy atom. The topological polar surface area (TPSA) is 83.7 Å². The minimum Gasteiger partial charge on any atom is -0.444 e. The van der Waals surface area contributed by atoms with Crippen LogP contribution in [0.15, 0.2) is 18.2 Å². The zero-order chi connectivity index (χ0) is 23.8. The van der Waals surface area contributed by atoms with Gasteiger partial charge in [-0.05, 0) is 39.3 Å². The Balaban J connectivity index is 1.75. The predicted octanol–water partition coefficient (Wildman–Crippen LogP) is 4.28. The van der Waals surface area contributed by atoms with Gasteiger partial charge in [-0.15, -0.1) is 13.2 Å². The van der Waals surface area contributed by atoms with E-state index in [4.69, 9.17) is 4.74 Å². The number of amides is 2. The van der Waals surface area contributed by atoms with Gasteiger partial charge in [-0.25, -0.2) is 13.6 Å². The molecule has 0 radical (unpaired) electrons. The monoisotopic (exact) mass is 463 g/mol. The van der Waals surface area contributed by atoms with E-state index < -0.39 is 47.7 Å². The number of carbonyl (C=O) groups excluding carboxylic acids is 2. The van der Waals surface area contributed by atoms with Gasteiger partial charge in [0.15, 0.2) is 11.6 Å². The number of piperidine rings is 1. The molecule has 1 aliphatic heterocycles. The normalized spacial score (nSPS) is 19.7. The summed E-state index contributed by atoms with van der Waals surface area (Å²) in [4.78, 5) is 28.8. The first-order valence-electron chi connectivity index (χ1n) is 9.73. The molecule has 32 heavy (non-hydrogen) atoms. The van der Waals surface area contributed by atoms with Gasteiger partial charge in [0.1, 0.15) is 17.5 Å². The molecule has 2 heterocycles. The van der Waals surface area contributed by atoms with Gasteiger partial charge < -0.3 is 24.7 Å². The van der Waals surface area contributed by atoms with E-state index in [9.17, 15) is 31.5 Å². The van der Waals surface area contributed by atoms with E-state index >= 15 is 0 Å². The van der Waals surface area contributed by atoms with Gasteiger partial charge in [0.25, 0.3) is 5.91 Å². The van der Waals surface area contributed by atoms with Crippen molar-refractivity contribution in [2.24, 2.45) is 0 Å². The average Bonchev–Trinajstić information content (AvgIpc) is 3.03. The Labute approximate surface area is 179 Å². The number of likely N-dealkylation sites (tertiary alicyclic amines) is 1. The molecule has 1 saturated heterocycles. The fourth-order valence-corrected chi connectivity index (χ4v) is 3.32. The van der Waals surface area contributed by atoms with Gasteiger partial charge in [0.05, 0.1) is 6.04 Å². The highest BCUT2D eigenvalue weighted by Gasteiger charge is 2.35. The Morgan fingerprint density at radius 2 is 1.88 bits per heavy atom. The number of hydrogen-bond donors (Lipinski definition) is 2. The molecule has 0 spiro atoms. The number of rotatable bonds is 3. The lowest BCUT2D eigenvalue weighted by Crippen LogP contribution is -2.55. The summed E-state index contributed by atoms with van der Waals surface area (Å²) in [5, 5.41) is 2.53. The molecule has 0 aliphatic carbocycles. The molecule has 0 bridgehead atoms. The molecule has 1 aliphatic rings. The molecular weight excluding hydrogens is 441 g/mol. The summed E-state index contributed by atoms with van der Waals surface area (Å²) >= 11 is 0. The van der Waals surface area contributed by atoms with E-state index in [-0.39, 0.29) is 36.1 Å². The fraction of sp³-hybridized carbons (Fsp3) is 0.500. The summed E-state index contributed by atoms with van der Waals surface area (Å²) in [6.45, 7) is 4.87. The first-order chi connectivity index (χ1) is 14.7. The van der Waals surface area contributed by atoms with Crippen LogP contribution in [0.4, 0.5) is 26.7 Å². The van der Waals surface area contributed by atoms with Crippen LogP contribution >= 0.6 is 0 Å². The van der Waals surface area contributed by atoms with Gasteiger partial charge in [0.2, 0.25) is 0 Å². The van der Waals surface area contributed by atoms with Gasteiger partial charge >= 0.3 is 12.5 Å². The lowest BCUT2D eigenvalue weighted by atomic mass is 10.0. The number of halogens is 5. The number of carbonyl (C=O) groups is 2. The van der Waals surface area contributed by atoms with Gasteiger partial charge in [-0.3, -0.25) is 4.79 Å². The highest BCUT2D eigenvalue weighted by Crippen LogP contribution is 2.30. The van der Waals surface area contributed by atoms with Crippen LogP contribution in [0.25, 0.3) is 10.9 Å². The third-order valence-corrected chi connectivity index (χ3v) is 4.65. The second-order valence-corrected chi connectivity index (χ2v) is 8.41. The first-order valence-corrected chi connectivity index (χ1v) is 9.73. The van der Waals surface area contributed by atoms with Crippen molar-refractivity contribution in [1.29, 1.82) is 0 Å². The van der Waals surface area contributed by atoms with Crippen molar-refractivity contribution in [3.8, 4) is 5.75 Å². The van der Waals surface area contributed by atoms with Crippen LogP contribution in [0.1, 0.15) is 37.7 Å². The average molecular weight is 463 g/mol. The Hall–Kier alpha value is -3.05. The minimum atomic E-state index is -5.07. The van der Waals surface area contributed by atoms with Crippen molar-refractivity contribution in [1.82, 2.24) is 15.2 Å². The van der Waals surface area contributed by atoms with Crippen molar-refractivity contribution in [2.75, 3.05) is 13.1 Å². The van der Waals surface area contributed by atoms with Crippen molar-refractivity contribution in [2.45, 2.75) is 51.4 Å². The lowest BCUT2D eigenvalue weighted by molar-refractivity contribution is -0.275. The number of ether oxygens (including phenoxy) is 2. The molecule has 7 nitrogen and oxygen atoms in total. The number of nitrogens with one attached hydrogen (secondary N) is 2. The third kappa shape index (κ3) is 5.80. The standard InChI is InChI=1S/C20H22F5N3O4/c1-19(2,3)32-18(30)27-15-9-28(5-4-11(15)21)17(29)14-6-10-7-16(31-20(23,24)25)12(22)8-13(10)26-14/h6-8,11,15,26H,4-5,9H2,1-3H3,(H,27,30)/t11-,15+/m1/s1. The maximum Gasteiger partial charge on any atom is 0.573 e. The van der Waals surface area contributed by atoms with E-state index in [0.29, 0.717) is 0 Å². The van der Waals surface area contributed by atoms with Crippen LogP contribution < -0.4 is 10.1 Å². The summed E-state index contributed by atoms with van der Waals surface area (Å²) < 4.78 is 74.2. The molecular formula is C20H22F5N3O4. The van der Waals surface area contributed by atoms with E-state index in [0.717, 1.165) is 12.1 Å². The first kappa shape index (κ1) is 23.6. The maximum absolute atomic E-state index is 14.3. The zero-order valence-electron chi connectivity index (χ0n) is 17.5. The summed E-state index contributed by atoms with van der Waals surface area (Å²) in [5.41, 5.74) is -0.727. The van der Waals surface area contributed by atoms with Crippen molar-refractivity contribution < 1.29 is 41.0 Å². The maximum atomic E-state index is 14.3.